The number of para-hydroxylation sites is 1. The average Bonchev–Trinajstić information content (AvgIpc) is 3.03. The molecule has 0 aromatic heterocycles. The minimum atomic E-state index is -4.21. The van der Waals surface area contributed by atoms with E-state index in [1.807, 2.05) is 61.5 Å². The second-order valence-corrected chi connectivity index (χ2v) is 13.5. The van der Waals surface area contributed by atoms with Crippen molar-refractivity contribution in [3.63, 3.8) is 0 Å². The predicted molar refractivity (Wildman–Crippen MR) is 179 cm³/mol. The molecule has 7 nitrogen and oxygen atoms in total. The summed E-state index contributed by atoms with van der Waals surface area (Å²) >= 11 is 10.0. The Hall–Kier alpha value is -3.66. The number of hydrogen-bond acceptors (Lipinski definition) is 4. The van der Waals surface area contributed by atoms with E-state index in [9.17, 15) is 18.0 Å². The largest absolute Gasteiger partial charge is 0.354 e. The van der Waals surface area contributed by atoms with Crippen molar-refractivity contribution in [2.75, 3.05) is 17.4 Å². The van der Waals surface area contributed by atoms with Crippen LogP contribution < -0.4 is 9.62 Å². The number of halogens is 2. The molecule has 4 aromatic rings. The maximum absolute atomic E-state index is 14.5. The van der Waals surface area contributed by atoms with Crippen molar-refractivity contribution >= 4 is 55.1 Å². The monoisotopic (exact) mass is 695 g/mol. The third-order valence-corrected chi connectivity index (χ3v) is 9.66. The topological polar surface area (TPSA) is 86.8 Å². The number of hydrogen-bond donors (Lipinski definition) is 1. The summed E-state index contributed by atoms with van der Waals surface area (Å²) in [5, 5.41) is 3.17. The zero-order chi connectivity index (χ0) is 31.5. The Morgan fingerprint density at radius 1 is 0.864 bits per heavy atom. The van der Waals surface area contributed by atoms with Gasteiger partial charge >= 0.3 is 0 Å². The molecule has 0 saturated carbocycles. The Morgan fingerprint density at radius 2 is 1.50 bits per heavy atom. The van der Waals surface area contributed by atoms with Gasteiger partial charge in [0.1, 0.15) is 12.6 Å². The summed E-state index contributed by atoms with van der Waals surface area (Å²) in [4.78, 5) is 29.7. The molecule has 0 aliphatic rings. The normalized spacial score (nSPS) is 11.9. The summed E-state index contributed by atoms with van der Waals surface area (Å²) in [6.45, 7) is 2.02. The van der Waals surface area contributed by atoms with Gasteiger partial charge in [0.25, 0.3) is 10.0 Å². The van der Waals surface area contributed by atoms with Crippen molar-refractivity contribution in [1.82, 2.24) is 10.2 Å². The van der Waals surface area contributed by atoms with Crippen molar-refractivity contribution in [2.24, 2.45) is 0 Å². The number of unbranched alkanes of at least 4 members (excludes halogenated alkanes) is 1. The lowest BCUT2D eigenvalue weighted by Gasteiger charge is -2.34. The SMILES string of the molecule is CCCCNC(=O)C(Cc1ccccc1)N(Cc1cccc(Br)c1)C(=O)CN(c1ccccc1Cl)S(=O)(=O)c1ccccc1. The molecule has 0 spiro atoms. The summed E-state index contributed by atoms with van der Waals surface area (Å²) in [7, 11) is -4.21. The van der Waals surface area contributed by atoms with Gasteiger partial charge in [0.05, 0.1) is 15.6 Å². The van der Waals surface area contributed by atoms with E-state index in [0.717, 1.165) is 32.7 Å². The lowest BCUT2D eigenvalue weighted by Crippen LogP contribution is -2.53. The van der Waals surface area contributed by atoms with Crippen LogP contribution in [0.4, 0.5) is 5.69 Å². The van der Waals surface area contributed by atoms with Gasteiger partial charge in [-0.15, -0.1) is 0 Å². The van der Waals surface area contributed by atoms with Crippen LogP contribution in [0.15, 0.2) is 119 Å². The first-order chi connectivity index (χ1) is 21.2. The highest BCUT2D eigenvalue weighted by molar-refractivity contribution is 9.10. The van der Waals surface area contributed by atoms with Gasteiger partial charge in [0, 0.05) is 24.0 Å². The van der Waals surface area contributed by atoms with Crippen LogP contribution in [0, 0.1) is 0 Å². The maximum Gasteiger partial charge on any atom is 0.264 e. The standard InChI is InChI=1S/C34H35BrClN3O4S/c1-2-3-21-37-34(41)32(23-26-13-6-4-7-14-26)38(24-27-15-12-16-28(35)22-27)33(40)25-39(31-20-11-10-19-30(31)36)44(42,43)29-17-8-5-9-18-29/h4-20,22,32H,2-3,21,23-25H2,1H3,(H,37,41). The molecule has 1 atom stereocenters. The second kappa shape index (κ2) is 15.9. The zero-order valence-electron chi connectivity index (χ0n) is 24.4. The molecule has 0 radical (unpaired) electrons. The van der Waals surface area contributed by atoms with Crippen molar-refractivity contribution < 1.29 is 18.0 Å². The average molecular weight is 697 g/mol. The highest BCUT2D eigenvalue weighted by Gasteiger charge is 2.35. The molecule has 0 aliphatic carbocycles. The van der Waals surface area contributed by atoms with Gasteiger partial charge in [-0.2, -0.15) is 0 Å². The van der Waals surface area contributed by atoms with Gasteiger partial charge in [-0.3, -0.25) is 13.9 Å². The molecule has 230 valence electrons. The Kier molecular flexibility index (Phi) is 12.0. The lowest BCUT2D eigenvalue weighted by molar-refractivity contribution is -0.140. The van der Waals surface area contributed by atoms with E-state index in [0.29, 0.717) is 6.54 Å². The first-order valence-corrected chi connectivity index (χ1v) is 17.0. The van der Waals surface area contributed by atoms with Gasteiger partial charge in [-0.25, -0.2) is 8.42 Å². The van der Waals surface area contributed by atoms with Gasteiger partial charge in [0.2, 0.25) is 11.8 Å². The summed E-state index contributed by atoms with van der Waals surface area (Å²) in [5.41, 5.74) is 1.82. The molecular formula is C34H35BrClN3O4S. The van der Waals surface area contributed by atoms with Crippen molar-refractivity contribution in [2.45, 2.75) is 43.7 Å². The molecule has 10 heteroatoms. The molecule has 1 N–H and O–H groups in total. The van der Waals surface area contributed by atoms with E-state index < -0.39 is 28.5 Å². The van der Waals surface area contributed by atoms with Crippen molar-refractivity contribution in [3.05, 3.63) is 130 Å². The molecule has 4 aromatic carbocycles. The maximum atomic E-state index is 14.5. The van der Waals surface area contributed by atoms with Gasteiger partial charge in [0.15, 0.2) is 0 Å². The zero-order valence-corrected chi connectivity index (χ0v) is 27.6. The summed E-state index contributed by atoms with van der Waals surface area (Å²) in [5.74, 6) is -0.850. The fraction of sp³-hybridized carbons (Fsp3) is 0.235. The van der Waals surface area contributed by atoms with E-state index in [1.165, 1.54) is 17.0 Å². The van der Waals surface area contributed by atoms with E-state index in [4.69, 9.17) is 11.6 Å². The van der Waals surface area contributed by atoms with E-state index in [2.05, 4.69) is 21.2 Å². The Labute approximate surface area is 273 Å². The summed E-state index contributed by atoms with van der Waals surface area (Å²) in [6, 6.07) is 30.4. The van der Waals surface area contributed by atoms with Crippen molar-refractivity contribution in [1.29, 1.82) is 0 Å². The smallest absolute Gasteiger partial charge is 0.264 e. The van der Waals surface area contributed by atoms with Crippen LogP contribution in [0.1, 0.15) is 30.9 Å². The fourth-order valence-corrected chi connectivity index (χ4v) is 6.97. The Morgan fingerprint density at radius 3 is 2.16 bits per heavy atom. The first-order valence-electron chi connectivity index (χ1n) is 14.4. The summed E-state index contributed by atoms with van der Waals surface area (Å²) in [6.07, 6.45) is 1.93. The number of sulfonamides is 1. The fourth-order valence-electron chi connectivity index (χ4n) is 4.78. The molecule has 0 heterocycles. The highest BCUT2D eigenvalue weighted by Crippen LogP contribution is 2.31. The van der Waals surface area contributed by atoms with Crippen LogP contribution in [0.2, 0.25) is 5.02 Å². The Balaban J connectivity index is 1.79. The third-order valence-electron chi connectivity index (χ3n) is 7.07. The van der Waals surface area contributed by atoms with Crippen molar-refractivity contribution in [3.8, 4) is 0 Å². The molecule has 2 amide bonds. The highest BCUT2D eigenvalue weighted by atomic mass is 79.9. The number of anilines is 1. The molecular weight excluding hydrogens is 662 g/mol. The number of rotatable bonds is 14. The summed E-state index contributed by atoms with van der Waals surface area (Å²) < 4.78 is 29.9. The number of nitrogens with one attached hydrogen (secondary N) is 1. The number of amides is 2. The van der Waals surface area contributed by atoms with Gasteiger partial charge in [-0.1, -0.05) is 114 Å². The van der Waals surface area contributed by atoms with Gasteiger partial charge < -0.3 is 10.2 Å². The number of nitrogens with zero attached hydrogens (tertiary/aromatic N) is 2. The molecule has 0 bridgehead atoms. The minimum absolute atomic E-state index is 0.0180. The second-order valence-electron chi connectivity index (χ2n) is 10.3. The lowest BCUT2D eigenvalue weighted by atomic mass is 10.0. The molecule has 0 saturated heterocycles. The molecule has 4 rings (SSSR count). The van der Waals surface area contributed by atoms with Crippen LogP contribution >= 0.6 is 27.5 Å². The molecule has 0 aliphatic heterocycles. The molecule has 44 heavy (non-hydrogen) atoms. The minimum Gasteiger partial charge on any atom is -0.354 e. The first kappa shape index (κ1) is 33.2. The van der Waals surface area contributed by atoms with Crippen LogP contribution in [0.5, 0.6) is 0 Å². The van der Waals surface area contributed by atoms with Gasteiger partial charge in [-0.05, 0) is 53.9 Å². The van der Waals surface area contributed by atoms with Crippen LogP contribution in [0.25, 0.3) is 0 Å². The number of benzene rings is 4. The van der Waals surface area contributed by atoms with Crippen LogP contribution in [-0.2, 0) is 32.6 Å². The predicted octanol–water partition coefficient (Wildman–Crippen LogP) is 6.85. The quantitative estimate of drug-likeness (QED) is 0.146. The van der Waals surface area contributed by atoms with Crippen LogP contribution in [0.3, 0.4) is 0 Å². The van der Waals surface area contributed by atoms with E-state index in [1.54, 1.807) is 42.5 Å². The third kappa shape index (κ3) is 8.71. The van der Waals surface area contributed by atoms with E-state index in [-0.39, 0.29) is 34.5 Å². The molecule has 1 unspecified atom stereocenters. The number of carbonyl (C=O) groups excluding carboxylic acids is 2. The molecule has 0 fully saturated rings. The Bertz CT molecular complexity index is 1660. The number of carbonyl (C=O) groups is 2. The van der Waals surface area contributed by atoms with E-state index >= 15 is 0 Å². The van der Waals surface area contributed by atoms with Crippen LogP contribution in [-0.4, -0.2) is 44.3 Å².